The largest absolute Gasteiger partial charge is 0.388 e. The Labute approximate surface area is 283 Å². The predicted octanol–water partition coefficient (Wildman–Crippen LogP) is 9.36. The van der Waals surface area contributed by atoms with E-state index >= 15 is 0 Å². The number of rotatable bonds is 7. The van der Waals surface area contributed by atoms with Crippen LogP contribution in [0.4, 0.5) is 0 Å². The van der Waals surface area contributed by atoms with Crippen LogP contribution in [0.5, 0.6) is 5.95 Å². The van der Waals surface area contributed by atoms with Gasteiger partial charge in [0.1, 0.15) is 4.90 Å². The third-order valence-corrected chi connectivity index (χ3v) is 10.5. The van der Waals surface area contributed by atoms with Crippen LogP contribution in [-0.2, 0) is 17.2 Å². The highest BCUT2D eigenvalue weighted by atomic mass is 32.2. The molecule has 0 N–H and O–H groups in total. The van der Waals surface area contributed by atoms with Crippen LogP contribution >= 0.6 is 0 Å². The fraction of sp³-hybridized carbons (Fsp3) is 0.0714. The molecule has 240 valence electrons. The molecule has 2 aromatic heterocycles. The first-order valence-corrected chi connectivity index (χ1v) is 17.4. The number of nitrogens with zero attached hydrogens (tertiary/aromatic N) is 1. The lowest BCUT2D eigenvalue weighted by atomic mass is 9.84. The molecule has 8 rings (SSSR count). The molecule has 0 unspecified atom stereocenters. The van der Waals surface area contributed by atoms with Gasteiger partial charge in [0.05, 0.1) is 10.9 Å². The third-order valence-electron chi connectivity index (χ3n) is 9.20. The topological polar surface area (TPSA) is 78.5 Å². The van der Waals surface area contributed by atoms with E-state index in [1.54, 1.807) is 24.3 Å². The Bertz CT molecular complexity index is 2650. The summed E-state index contributed by atoms with van der Waals surface area (Å²) in [6.07, 6.45) is 0. The second-order valence-electron chi connectivity index (χ2n) is 12.2. The molecule has 0 fully saturated rings. The van der Waals surface area contributed by atoms with Crippen molar-refractivity contribution in [3.8, 4) is 17.1 Å². The SMILES string of the molecule is Cc1ccc2c(-c3c(C(c4ccccc4)c4ccccc4)n(C)c4ccccc34)c(OS(=O)(=O)c3cccc4ccccc34)oc(=O)c2c1. The summed E-state index contributed by atoms with van der Waals surface area (Å²) in [5.74, 6) is -0.656. The molecule has 0 saturated carbocycles. The van der Waals surface area contributed by atoms with Crippen molar-refractivity contribution in [3.63, 3.8) is 0 Å². The summed E-state index contributed by atoms with van der Waals surface area (Å²) in [7, 11) is -2.47. The Morgan fingerprint density at radius 2 is 1.24 bits per heavy atom. The third kappa shape index (κ3) is 5.19. The van der Waals surface area contributed by atoms with Gasteiger partial charge in [-0.2, -0.15) is 8.42 Å². The monoisotopic (exact) mass is 661 g/mol. The lowest BCUT2D eigenvalue weighted by Gasteiger charge is -2.23. The maximum absolute atomic E-state index is 14.2. The van der Waals surface area contributed by atoms with E-state index in [4.69, 9.17) is 8.60 Å². The number of para-hydroxylation sites is 1. The van der Waals surface area contributed by atoms with Gasteiger partial charge in [-0.15, -0.1) is 0 Å². The standard InChI is InChI=1S/C42H31NO5S/c1-27-24-25-32-34(26-27)41(44)47-42(48-49(45,46)36-23-13-19-28-14-9-10-20-31(28)36)39(32)38-33-21-11-12-22-35(33)43(2)40(38)37(29-15-5-3-6-16-29)30-17-7-4-8-18-30/h3-26,37H,1-2H3. The van der Waals surface area contributed by atoms with E-state index in [1.165, 1.54) is 6.07 Å². The normalized spacial score (nSPS) is 11.9. The van der Waals surface area contributed by atoms with E-state index in [0.717, 1.165) is 44.2 Å². The zero-order valence-corrected chi connectivity index (χ0v) is 27.6. The zero-order chi connectivity index (χ0) is 33.7. The summed E-state index contributed by atoms with van der Waals surface area (Å²) in [5, 5.41) is 2.97. The average molecular weight is 662 g/mol. The molecule has 7 heteroatoms. The van der Waals surface area contributed by atoms with E-state index in [2.05, 4.69) is 28.8 Å². The van der Waals surface area contributed by atoms with Gasteiger partial charge in [-0.05, 0) is 41.6 Å². The van der Waals surface area contributed by atoms with Crippen LogP contribution < -0.4 is 9.81 Å². The van der Waals surface area contributed by atoms with Crippen molar-refractivity contribution in [2.75, 3.05) is 0 Å². The van der Waals surface area contributed by atoms with Gasteiger partial charge in [0.15, 0.2) is 0 Å². The van der Waals surface area contributed by atoms with Gasteiger partial charge >= 0.3 is 21.7 Å². The minimum absolute atomic E-state index is 0.0206. The molecule has 0 aliphatic rings. The second kappa shape index (κ2) is 12.0. The number of fused-ring (bicyclic) bond motifs is 3. The lowest BCUT2D eigenvalue weighted by Crippen LogP contribution is -2.14. The highest BCUT2D eigenvalue weighted by molar-refractivity contribution is 7.87. The van der Waals surface area contributed by atoms with Crippen molar-refractivity contribution in [1.82, 2.24) is 4.57 Å². The van der Waals surface area contributed by atoms with Gasteiger partial charge in [0.25, 0.3) is 0 Å². The Morgan fingerprint density at radius 3 is 1.96 bits per heavy atom. The summed E-state index contributed by atoms with van der Waals surface area (Å²) < 4.78 is 42.6. The van der Waals surface area contributed by atoms with Gasteiger partial charge in [0, 0.05) is 45.9 Å². The molecule has 0 bridgehead atoms. The van der Waals surface area contributed by atoms with Crippen LogP contribution in [0.3, 0.4) is 0 Å². The average Bonchev–Trinajstić information content (AvgIpc) is 3.40. The van der Waals surface area contributed by atoms with Gasteiger partial charge < -0.3 is 13.2 Å². The Morgan fingerprint density at radius 1 is 0.633 bits per heavy atom. The van der Waals surface area contributed by atoms with Crippen LogP contribution in [-0.4, -0.2) is 13.0 Å². The molecule has 6 nitrogen and oxygen atoms in total. The van der Waals surface area contributed by atoms with Crippen molar-refractivity contribution in [1.29, 1.82) is 0 Å². The molecule has 0 spiro atoms. The van der Waals surface area contributed by atoms with Crippen molar-refractivity contribution < 1.29 is 17.0 Å². The van der Waals surface area contributed by atoms with E-state index in [0.29, 0.717) is 21.7 Å². The fourth-order valence-electron chi connectivity index (χ4n) is 7.01. The van der Waals surface area contributed by atoms with Crippen molar-refractivity contribution in [2.24, 2.45) is 7.05 Å². The first kappa shape index (κ1) is 30.4. The van der Waals surface area contributed by atoms with E-state index < -0.39 is 15.7 Å². The molecule has 0 radical (unpaired) electrons. The number of hydrogen-bond donors (Lipinski definition) is 0. The number of hydrogen-bond acceptors (Lipinski definition) is 5. The van der Waals surface area contributed by atoms with Crippen LogP contribution in [0.1, 0.15) is 28.3 Å². The van der Waals surface area contributed by atoms with Crippen LogP contribution in [0.25, 0.3) is 43.6 Å². The maximum Gasteiger partial charge on any atom is 0.346 e. The van der Waals surface area contributed by atoms with Crippen molar-refractivity contribution in [2.45, 2.75) is 17.7 Å². The summed E-state index contributed by atoms with van der Waals surface area (Å²) in [5.41, 5.74) is 5.20. The predicted molar refractivity (Wildman–Crippen MR) is 195 cm³/mol. The Kier molecular flexibility index (Phi) is 7.42. The van der Waals surface area contributed by atoms with Crippen LogP contribution in [0.15, 0.2) is 160 Å². The molecular weight excluding hydrogens is 631 g/mol. The molecule has 8 aromatic rings. The molecule has 0 atom stereocenters. The summed E-state index contributed by atoms with van der Waals surface area (Å²) in [6, 6.07) is 46.1. The lowest BCUT2D eigenvalue weighted by molar-refractivity contribution is 0.364. The Balaban J connectivity index is 1.48. The minimum atomic E-state index is -4.49. The van der Waals surface area contributed by atoms with E-state index in [1.807, 2.05) is 105 Å². The zero-order valence-electron chi connectivity index (χ0n) is 26.8. The van der Waals surface area contributed by atoms with Crippen LogP contribution in [0, 0.1) is 6.92 Å². The summed E-state index contributed by atoms with van der Waals surface area (Å²) >= 11 is 0. The smallest absolute Gasteiger partial charge is 0.346 e. The highest BCUT2D eigenvalue weighted by Gasteiger charge is 2.33. The summed E-state index contributed by atoms with van der Waals surface area (Å²) in [6.45, 7) is 1.90. The molecule has 2 heterocycles. The van der Waals surface area contributed by atoms with E-state index in [-0.39, 0.29) is 16.8 Å². The maximum atomic E-state index is 14.2. The minimum Gasteiger partial charge on any atom is -0.388 e. The number of benzene rings is 6. The highest BCUT2D eigenvalue weighted by Crippen LogP contribution is 2.48. The van der Waals surface area contributed by atoms with Gasteiger partial charge in [-0.25, -0.2) is 4.79 Å². The molecule has 0 saturated heterocycles. The van der Waals surface area contributed by atoms with Gasteiger partial charge in [-0.1, -0.05) is 133 Å². The second-order valence-corrected chi connectivity index (χ2v) is 13.7. The van der Waals surface area contributed by atoms with Crippen LogP contribution in [0.2, 0.25) is 0 Å². The molecule has 49 heavy (non-hydrogen) atoms. The number of aromatic nitrogens is 1. The van der Waals surface area contributed by atoms with Crippen molar-refractivity contribution >= 4 is 42.6 Å². The molecule has 0 aliphatic heterocycles. The molecule has 6 aromatic carbocycles. The fourth-order valence-corrected chi connectivity index (χ4v) is 8.12. The van der Waals surface area contributed by atoms with E-state index in [9.17, 15) is 13.2 Å². The Hall–Kier alpha value is -5.92. The molecule has 0 aliphatic carbocycles. The number of aryl methyl sites for hydroxylation is 2. The van der Waals surface area contributed by atoms with Gasteiger partial charge in [0.2, 0.25) is 0 Å². The van der Waals surface area contributed by atoms with Crippen molar-refractivity contribution in [3.05, 3.63) is 178 Å². The van der Waals surface area contributed by atoms with Gasteiger partial charge in [-0.3, -0.25) is 0 Å². The quantitative estimate of drug-likeness (QED) is 0.159. The molecule has 0 amide bonds. The first-order valence-electron chi connectivity index (χ1n) is 16.0. The summed E-state index contributed by atoms with van der Waals surface area (Å²) in [4.78, 5) is 13.6. The first-order chi connectivity index (χ1) is 23.8. The molecular formula is C42H31NO5S.